The molecule has 4 nitrogen and oxygen atoms in total. The van der Waals surface area contributed by atoms with E-state index in [-0.39, 0.29) is 5.56 Å². The van der Waals surface area contributed by atoms with Crippen LogP contribution in [0.2, 0.25) is 0 Å². The summed E-state index contributed by atoms with van der Waals surface area (Å²) in [6.07, 6.45) is 0. The second-order valence-corrected chi connectivity index (χ2v) is 3.12. The molecule has 2 rings (SSSR count). The molecule has 0 amide bonds. The number of carbonyl (C=O) groups is 1. The zero-order valence-corrected chi connectivity index (χ0v) is 7.71. The van der Waals surface area contributed by atoms with Crippen molar-refractivity contribution >= 4 is 22.4 Å². The van der Waals surface area contributed by atoms with Gasteiger partial charge in [0.1, 0.15) is 0 Å². The molecule has 0 bridgehead atoms. The lowest BCUT2D eigenvalue weighted by Gasteiger charge is -1.99. The number of hydrogen-bond acceptors (Lipinski definition) is 2. The molecule has 2 aromatic rings. The summed E-state index contributed by atoms with van der Waals surface area (Å²) in [4.78, 5) is 13.9. The SMILES string of the molecule is N#[N+]c1ccc2c(C(=O)O)cccc2c1. The van der Waals surface area contributed by atoms with Gasteiger partial charge >= 0.3 is 11.7 Å². The predicted molar refractivity (Wildman–Crippen MR) is 55.7 cm³/mol. The molecule has 15 heavy (non-hydrogen) atoms. The average molecular weight is 199 g/mol. The van der Waals surface area contributed by atoms with Crippen LogP contribution < -0.4 is 0 Å². The fourth-order valence-electron chi connectivity index (χ4n) is 1.52. The van der Waals surface area contributed by atoms with Gasteiger partial charge in [-0.15, -0.1) is 0 Å². The van der Waals surface area contributed by atoms with E-state index < -0.39 is 5.97 Å². The normalized spacial score (nSPS) is 9.80. The second kappa shape index (κ2) is 3.39. The number of hydrogen-bond donors (Lipinski definition) is 1. The van der Waals surface area contributed by atoms with Crippen molar-refractivity contribution in [1.29, 1.82) is 5.39 Å². The molecule has 0 unspecified atom stereocenters. The van der Waals surface area contributed by atoms with Crippen molar-refractivity contribution in [3.8, 4) is 0 Å². The first-order valence-electron chi connectivity index (χ1n) is 4.33. The maximum atomic E-state index is 10.9. The van der Waals surface area contributed by atoms with E-state index in [1.165, 1.54) is 0 Å². The monoisotopic (exact) mass is 199 g/mol. The molecule has 0 radical (unpaired) electrons. The highest BCUT2D eigenvalue weighted by Gasteiger charge is 2.11. The van der Waals surface area contributed by atoms with E-state index in [9.17, 15) is 4.79 Å². The molecule has 0 fully saturated rings. The minimum atomic E-state index is -0.964. The van der Waals surface area contributed by atoms with E-state index in [0.29, 0.717) is 11.1 Å². The van der Waals surface area contributed by atoms with Gasteiger partial charge in [0.05, 0.1) is 5.56 Å². The highest BCUT2D eigenvalue weighted by Crippen LogP contribution is 2.24. The molecule has 0 spiro atoms. The highest BCUT2D eigenvalue weighted by molar-refractivity contribution is 6.04. The summed E-state index contributed by atoms with van der Waals surface area (Å²) in [5, 5.41) is 18.9. The van der Waals surface area contributed by atoms with Crippen LogP contribution in [-0.2, 0) is 0 Å². The number of benzene rings is 2. The van der Waals surface area contributed by atoms with Crippen LogP contribution in [0.1, 0.15) is 10.4 Å². The van der Waals surface area contributed by atoms with Crippen molar-refractivity contribution in [2.45, 2.75) is 0 Å². The first-order chi connectivity index (χ1) is 7.22. The van der Waals surface area contributed by atoms with E-state index in [1.54, 1.807) is 36.4 Å². The van der Waals surface area contributed by atoms with Gasteiger partial charge in [-0.3, -0.25) is 0 Å². The maximum absolute atomic E-state index is 10.9. The van der Waals surface area contributed by atoms with E-state index in [1.807, 2.05) is 0 Å². The summed E-state index contributed by atoms with van der Waals surface area (Å²) in [6, 6.07) is 9.80. The third kappa shape index (κ3) is 1.51. The Balaban J connectivity index is 2.79. The standard InChI is InChI=1S/C11H6N2O2/c12-13-8-4-5-9-7(6-8)2-1-3-10(9)11(14)15/h1-6H/p+1. The van der Waals surface area contributed by atoms with E-state index in [2.05, 4.69) is 4.98 Å². The number of carboxylic acid groups (broad SMARTS) is 1. The van der Waals surface area contributed by atoms with Crippen LogP contribution in [-0.4, -0.2) is 11.1 Å². The summed E-state index contributed by atoms with van der Waals surface area (Å²) in [5.41, 5.74) is 0.655. The van der Waals surface area contributed by atoms with Crippen molar-refractivity contribution in [3.63, 3.8) is 0 Å². The Kier molecular flexibility index (Phi) is 2.07. The fourth-order valence-corrected chi connectivity index (χ4v) is 1.52. The van der Waals surface area contributed by atoms with Gasteiger partial charge in [0.25, 0.3) is 0 Å². The third-order valence-corrected chi connectivity index (χ3v) is 2.21. The van der Waals surface area contributed by atoms with Gasteiger partial charge in [0, 0.05) is 12.1 Å². The number of nitrogens with zero attached hydrogens (tertiary/aromatic N) is 2. The lowest BCUT2D eigenvalue weighted by Crippen LogP contribution is -1.96. The molecule has 0 aliphatic heterocycles. The van der Waals surface area contributed by atoms with Crippen molar-refractivity contribution in [2.24, 2.45) is 0 Å². The lowest BCUT2D eigenvalue weighted by atomic mass is 10.0. The van der Waals surface area contributed by atoms with Gasteiger partial charge < -0.3 is 5.11 Å². The van der Waals surface area contributed by atoms with Gasteiger partial charge in [-0.1, -0.05) is 12.1 Å². The van der Waals surface area contributed by atoms with Crippen LogP contribution in [0.4, 0.5) is 5.69 Å². The Bertz CT molecular complexity index is 585. The minimum Gasteiger partial charge on any atom is -0.478 e. The predicted octanol–water partition coefficient (Wildman–Crippen LogP) is 3.02. The molecule has 0 aliphatic rings. The summed E-state index contributed by atoms with van der Waals surface area (Å²) in [5.74, 6) is -0.964. The molecule has 0 saturated carbocycles. The van der Waals surface area contributed by atoms with Crippen molar-refractivity contribution in [3.05, 3.63) is 46.9 Å². The fraction of sp³-hybridized carbons (Fsp3) is 0. The molecule has 0 heterocycles. The number of fused-ring (bicyclic) bond motifs is 1. The zero-order chi connectivity index (χ0) is 10.8. The molecule has 0 aromatic heterocycles. The molecular formula is C11H7N2O2+. The highest BCUT2D eigenvalue weighted by atomic mass is 16.4. The smallest absolute Gasteiger partial charge is 0.385 e. The van der Waals surface area contributed by atoms with Crippen LogP contribution in [0.5, 0.6) is 0 Å². The Morgan fingerprint density at radius 1 is 1.27 bits per heavy atom. The van der Waals surface area contributed by atoms with Crippen LogP contribution in [0, 0.1) is 5.39 Å². The molecular weight excluding hydrogens is 192 g/mol. The zero-order valence-electron chi connectivity index (χ0n) is 7.71. The quantitative estimate of drug-likeness (QED) is 0.718. The van der Waals surface area contributed by atoms with E-state index in [0.717, 1.165) is 5.39 Å². The summed E-state index contributed by atoms with van der Waals surface area (Å²) < 4.78 is 0. The van der Waals surface area contributed by atoms with Gasteiger partial charge in [-0.05, 0) is 22.9 Å². The molecule has 2 aromatic carbocycles. The first kappa shape index (κ1) is 9.16. The first-order valence-corrected chi connectivity index (χ1v) is 4.33. The summed E-state index contributed by atoms with van der Waals surface area (Å²) >= 11 is 0. The Morgan fingerprint density at radius 3 is 2.73 bits per heavy atom. The lowest BCUT2D eigenvalue weighted by molar-refractivity contribution is 0.0699. The third-order valence-electron chi connectivity index (χ3n) is 2.21. The average Bonchev–Trinajstić information content (AvgIpc) is 2.27. The Hall–Kier alpha value is -2.41. The number of carboxylic acids is 1. The summed E-state index contributed by atoms with van der Waals surface area (Å²) in [6.45, 7) is 0. The molecule has 1 N–H and O–H groups in total. The van der Waals surface area contributed by atoms with Crippen LogP contribution >= 0.6 is 0 Å². The maximum Gasteiger partial charge on any atom is 0.385 e. The molecule has 72 valence electrons. The minimum absolute atomic E-state index is 0.247. The second-order valence-electron chi connectivity index (χ2n) is 3.12. The van der Waals surface area contributed by atoms with Gasteiger partial charge in [-0.25, -0.2) is 4.79 Å². The molecule has 0 atom stereocenters. The van der Waals surface area contributed by atoms with Gasteiger partial charge in [0.2, 0.25) is 5.39 Å². The summed E-state index contributed by atoms with van der Waals surface area (Å²) in [7, 11) is 0. The van der Waals surface area contributed by atoms with Crippen molar-refractivity contribution in [2.75, 3.05) is 0 Å². The Morgan fingerprint density at radius 2 is 2.07 bits per heavy atom. The number of aromatic carboxylic acids is 1. The van der Waals surface area contributed by atoms with E-state index >= 15 is 0 Å². The Labute approximate surface area is 85.4 Å². The van der Waals surface area contributed by atoms with Gasteiger partial charge in [-0.2, -0.15) is 0 Å². The van der Waals surface area contributed by atoms with Crippen LogP contribution in [0.3, 0.4) is 0 Å². The van der Waals surface area contributed by atoms with Crippen LogP contribution in [0.25, 0.3) is 15.7 Å². The van der Waals surface area contributed by atoms with Crippen molar-refractivity contribution < 1.29 is 9.90 Å². The van der Waals surface area contributed by atoms with Crippen LogP contribution in [0.15, 0.2) is 36.4 Å². The van der Waals surface area contributed by atoms with E-state index in [4.69, 9.17) is 10.5 Å². The molecule has 4 heteroatoms. The molecule has 0 saturated heterocycles. The molecule has 0 aliphatic carbocycles. The largest absolute Gasteiger partial charge is 0.478 e. The number of rotatable bonds is 1. The van der Waals surface area contributed by atoms with Crippen molar-refractivity contribution in [1.82, 2.24) is 0 Å². The van der Waals surface area contributed by atoms with Gasteiger partial charge in [0.15, 0.2) is 4.98 Å². The topological polar surface area (TPSA) is 65.5 Å². The number of diazo groups is 1.